The maximum Gasteiger partial charge on any atom is 0.410 e. The van der Waals surface area contributed by atoms with Crippen LogP contribution < -0.4 is 0 Å². The zero-order chi connectivity index (χ0) is 16.2. The zero-order valence-electron chi connectivity index (χ0n) is 14.1. The summed E-state index contributed by atoms with van der Waals surface area (Å²) >= 11 is 0. The molecule has 126 valence electrons. The molecule has 0 N–H and O–H groups in total. The van der Waals surface area contributed by atoms with Gasteiger partial charge in [0, 0.05) is 19.6 Å². The molecule has 0 aliphatic carbocycles. The number of hydrogen-bond donors (Lipinski definition) is 0. The number of hydrogen-bond acceptors (Lipinski definition) is 4. The minimum atomic E-state index is -0.521. The molecule has 0 aromatic carbocycles. The summed E-state index contributed by atoms with van der Waals surface area (Å²) < 4.78 is 5.32. The van der Waals surface area contributed by atoms with Crippen LogP contribution in [-0.2, 0) is 9.53 Å². The van der Waals surface area contributed by atoms with Crippen LogP contribution in [0.25, 0.3) is 0 Å². The van der Waals surface area contributed by atoms with Crippen LogP contribution in [0.3, 0.4) is 0 Å². The predicted octanol–water partition coefficient (Wildman–Crippen LogP) is 1.55. The molecule has 6 heteroatoms. The fraction of sp³-hybridized carbons (Fsp3) is 0.875. The molecule has 2 aliphatic rings. The second kappa shape index (κ2) is 7.31. The van der Waals surface area contributed by atoms with E-state index in [9.17, 15) is 9.59 Å². The lowest BCUT2D eigenvalue weighted by Gasteiger charge is -2.35. The summed E-state index contributed by atoms with van der Waals surface area (Å²) in [6.45, 7) is 11.1. The van der Waals surface area contributed by atoms with Crippen LogP contribution in [0, 0.1) is 0 Å². The Morgan fingerprint density at radius 2 is 1.77 bits per heavy atom. The Morgan fingerprint density at radius 3 is 2.36 bits per heavy atom. The van der Waals surface area contributed by atoms with E-state index in [1.807, 2.05) is 25.7 Å². The van der Waals surface area contributed by atoms with Crippen molar-refractivity contribution >= 4 is 12.0 Å². The summed E-state index contributed by atoms with van der Waals surface area (Å²) in [5.74, 6) is 0.0264. The number of amides is 2. The summed E-state index contributed by atoms with van der Waals surface area (Å²) in [6.07, 6.45) is 3.22. The van der Waals surface area contributed by atoms with Gasteiger partial charge in [-0.1, -0.05) is 0 Å². The highest BCUT2D eigenvalue weighted by atomic mass is 16.6. The molecule has 2 aliphatic heterocycles. The minimum absolute atomic E-state index is 0.0264. The van der Waals surface area contributed by atoms with Gasteiger partial charge in [0.25, 0.3) is 0 Å². The molecule has 0 unspecified atom stereocenters. The van der Waals surface area contributed by atoms with Crippen LogP contribution >= 0.6 is 0 Å². The lowest BCUT2D eigenvalue weighted by Crippen LogP contribution is -2.53. The van der Waals surface area contributed by atoms with E-state index in [0.29, 0.717) is 13.1 Å². The topological polar surface area (TPSA) is 53.1 Å². The Balaban J connectivity index is 1.70. The van der Waals surface area contributed by atoms with Gasteiger partial charge in [0.05, 0.1) is 0 Å². The summed E-state index contributed by atoms with van der Waals surface area (Å²) in [6, 6.07) is 0. The fourth-order valence-electron chi connectivity index (χ4n) is 2.92. The number of likely N-dealkylation sites (tertiary alicyclic amines) is 1. The third-order valence-electron chi connectivity index (χ3n) is 4.07. The van der Waals surface area contributed by atoms with Crippen molar-refractivity contribution in [1.82, 2.24) is 14.7 Å². The fourth-order valence-corrected chi connectivity index (χ4v) is 2.92. The Bertz CT molecular complexity index is 400. The van der Waals surface area contributed by atoms with Gasteiger partial charge in [0.15, 0.2) is 0 Å². The molecule has 6 nitrogen and oxygen atoms in total. The van der Waals surface area contributed by atoms with Crippen molar-refractivity contribution in [2.75, 3.05) is 45.8 Å². The number of rotatable bonds is 4. The first kappa shape index (κ1) is 17.1. The zero-order valence-corrected chi connectivity index (χ0v) is 14.1. The monoisotopic (exact) mass is 311 g/mol. The highest BCUT2D eigenvalue weighted by molar-refractivity contribution is 5.83. The van der Waals surface area contributed by atoms with Crippen molar-refractivity contribution in [3.63, 3.8) is 0 Å². The molecule has 2 amide bonds. The van der Waals surface area contributed by atoms with Crippen LogP contribution in [0.1, 0.15) is 40.0 Å². The van der Waals surface area contributed by atoms with E-state index in [4.69, 9.17) is 4.74 Å². The lowest BCUT2D eigenvalue weighted by atomic mass is 10.2. The predicted molar refractivity (Wildman–Crippen MR) is 84.7 cm³/mol. The van der Waals surface area contributed by atoms with Gasteiger partial charge in [-0.15, -0.1) is 0 Å². The molecule has 2 saturated heterocycles. The quantitative estimate of drug-likeness (QED) is 0.790. The van der Waals surface area contributed by atoms with E-state index in [1.54, 1.807) is 0 Å². The third kappa shape index (κ3) is 5.16. The maximum absolute atomic E-state index is 12.2. The van der Waals surface area contributed by atoms with Gasteiger partial charge < -0.3 is 14.5 Å². The standard InChI is InChI=1S/C16H29N3O3/c1-16(2,3)22-15(21)19-12-11-18(14(20)13-19)10-6-9-17-7-4-5-8-17/h4-13H2,1-3H3. The highest BCUT2D eigenvalue weighted by Gasteiger charge is 2.29. The molecule has 0 atom stereocenters. The molecular formula is C16H29N3O3. The number of carbonyl (C=O) groups excluding carboxylic acids is 2. The van der Waals surface area contributed by atoms with Gasteiger partial charge in [0.2, 0.25) is 5.91 Å². The van der Waals surface area contributed by atoms with Crippen LogP contribution in [-0.4, -0.2) is 78.1 Å². The van der Waals surface area contributed by atoms with Crippen molar-refractivity contribution in [3.8, 4) is 0 Å². The molecule has 2 heterocycles. The van der Waals surface area contributed by atoms with E-state index in [2.05, 4.69) is 4.90 Å². The van der Waals surface area contributed by atoms with E-state index in [0.717, 1.165) is 19.5 Å². The Kier molecular flexibility index (Phi) is 5.67. The van der Waals surface area contributed by atoms with E-state index in [1.165, 1.54) is 30.8 Å². The molecule has 0 bridgehead atoms. The summed E-state index contributed by atoms with van der Waals surface area (Å²) in [7, 11) is 0. The van der Waals surface area contributed by atoms with Gasteiger partial charge in [-0.3, -0.25) is 9.69 Å². The Hall–Kier alpha value is -1.30. The third-order valence-corrected chi connectivity index (χ3v) is 4.07. The smallest absolute Gasteiger partial charge is 0.410 e. The first-order valence-corrected chi connectivity index (χ1v) is 8.33. The average molecular weight is 311 g/mol. The SMILES string of the molecule is CC(C)(C)OC(=O)N1CCN(CCCN2CCCC2)C(=O)C1. The molecule has 0 aromatic heterocycles. The normalized spacial score (nSPS) is 20.6. The molecule has 0 aromatic rings. The van der Waals surface area contributed by atoms with Crippen molar-refractivity contribution < 1.29 is 14.3 Å². The number of ether oxygens (including phenoxy) is 1. The van der Waals surface area contributed by atoms with E-state index < -0.39 is 11.7 Å². The summed E-state index contributed by atoms with van der Waals surface area (Å²) in [5.41, 5.74) is -0.521. The number of carbonyl (C=O) groups is 2. The molecular weight excluding hydrogens is 282 g/mol. The Labute approximate surface area is 133 Å². The Morgan fingerprint density at radius 1 is 1.09 bits per heavy atom. The summed E-state index contributed by atoms with van der Waals surface area (Å²) in [4.78, 5) is 30.0. The lowest BCUT2D eigenvalue weighted by molar-refractivity contribution is -0.135. The maximum atomic E-state index is 12.2. The van der Waals surface area contributed by atoms with Crippen LogP contribution in [0.5, 0.6) is 0 Å². The van der Waals surface area contributed by atoms with E-state index in [-0.39, 0.29) is 12.5 Å². The molecule has 2 fully saturated rings. The van der Waals surface area contributed by atoms with Gasteiger partial charge in [-0.25, -0.2) is 4.79 Å². The minimum Gasteiger partial charge on any atom is -0.444 e. The van der Waals surface area contributed by atoms with Gasteiger partial charge in [-0.05, 0) is 59.7 Å². The van der Waals surface area contributed by atoms with Gasteiger partial charge in [0.1, 0.15) is 12.1 Å². The number of piperazine rings is 1. The first-order valence-electron chi connectivity index (χ1n) is 8.33. The summed E-state index contributed by atoms with van der Waals surface area (Å²) in [5, 5.41) is 0. The molecule has 2 rings (SSSR count). The van der Waals surface area contributed by atoms with Crippen LogP contribution in [0.15, 0.2) is 0 Å². The van der Waals surface area contributed by atoms with Crippen LogP contribution in [0.2, 0.25) is 0 Å². The number of nitrogens with zero attached hydrogens (tertiary/aromatic N) is 3. The first-order chi connectivity index (χ1) is 10.3. The average Bonchev–Trinajstić information content (AvgIpc) is 2.91. The molecule has 0 spiro atoms. The van der Waals surface area contributed by atoms with Crippen molar-refractivity contribution in [2.24, 2.45) is 0 Å². The van der Waals surface area contributed by atoms with Crippen molar-refractivity contribution in [2.45, 2.75) is 45.6 Å². The van der Waals surface area contributed by atoms with Crippen molar-refractivity contribution in [1.29, 1.82) is 0 Å². The molecule has 22 heavy (non-hydrogen) atoms. The largest absolute Gasteiger partial charge is 0.444 e. The van der Waals surface area contributed by atoms with Crippen LogP contribution in [0.4, 0.5) is 4.79 Å². The van der Waals surface area contributed by atoms with Crippen molar-refractivity contribution in [3.05, 3.63) is 0 Å². The highest BCUT2D eigenvalue weighted by Crippen LogP contribution is 2.13. The van der Waals surface area contributed by atoms with Gasteiger partial charge >= 0.3 is 6.09 Å². The molecule has 0 saturated carbocycles. The van der Waals surface area contributed by atoms with E-state index >= 15 is 0 Å². The second-order valence-electron chi connectivity index (χ2n) is 7.18. The van der Waals surface area contributed by atoms with Gasteiger partial charge in [-0.2, -0.15) is 0 Å². The second-order valence-corrected chi connectivity index (χ2v) is 7.18. The molecule has 0 radical (unpaired) electrons.